The molecule has 2 N–H and O–H groups in total. The first kappa shape index (κ1) is 15.5. The van der Waals surface area contributed by atoms with Crippen LogP contribution in [0.15, 0.2) is 12.4 Å². The molecule has 2 heterocycles. The van der Waals surface area contributed by atoms with Crippen LogP contribution in [0.2, 0.25) is 0 Å². The molecule has 0 saturated carbocycles. The van der Waals surface area contributed by atoms with Gasteiger partial charge >= 0.3 is 0 Å². The molecule has 1 fully saturated rings. The van der Waals surface area contributed by atoms with Crippen molar-refractivity contribution >= 4 is 0 Å². The first-order valence-corrected chi connectivity index (χ1v) is 7.67. The Bertz CT molecular complexity index is 404. The van der Waals surface area contributed by atoms with Crippen LogP contribution in [0.3, 0.4) is 0 Å². The average molecular weight is 279 g/mol. The van der Waals surface area contributed by atoms with Crippen LogP contribution in [0.25, 0.3) is 0 Å². The van der Waals surface area contributed by atoms with Gasteiger partial charge in [-0.25, -0.2) is 0 Å². The molecule has 114 valence electrons. The smallest absolute Gasteiger partial charge is 0.0538 e. The van der Waals surface area contributed by atoms with Gasteiger partial charge in [-0.05, 0) is 40.8 Å². The molecule has 1 aliphatic rings. The molecular formula is C15H29N5. The highest BCUT2D eigenvalue weighted by molar-refractivity contribution is 5.12. The summed E-state index contributed by atoms with van der Waals surface area (Å²) in [6.07, 6.45) is 6.58. The first-order valence-electron chi connectivity index (χ1n) is 7.67. The molecule has 0 spiro atoms. The fourth-order valence-corrected chi connectivity index (χ4v) is 3.02. The SMILES string of the molecule is CC(C)n1cc(C(CN)N2CCC(N(C)C)CC2)cn1. The maximum Gasteiger partial charge on any atom is 0.0538 e. The van der Waals surface area contributed by atoms with Crippen molar-refractivity contribution in [2.45, 2.75) is 44.8 Å². The third-order valence-electron chi connectivity index (χ3n) is 4.43. The molecule has 0 bridgehead atoms. The van der Waals surface area contributed by atoms with Gasteiger partial charge in [-0.1, -0.05) is 0 Å². The van der Waals surface area contributed by atoms with E-state index in [0.29, 0.717) is 24.7 Å². The van der Waals surface area contributed by atoms with Crippen LogP contribution in [-0.2, 0) is 0 Å². The number of piperidine rings is 1. The third kappa shape index (κ3) is 3.40. The summed E-state index contributed by atoms with van der Waals surface area (Å²) in [6.45, 7) is 7.21. The molecule has 1 atom stereocenters. The second-order valence-electron chi connectivity index (χ2n) is 6.33. The van der Waals surface area contributed by atoms with E-state index in [1.807, 2.05) is 10.9 Å². The van der Waals surface area contributed by atoms with Gasteiger partial charge in [0, 0.05) is 43.5 Å². The predicted octanol–water partition coefficient (Wildman–Crippen LogP) is 1.49. The minimum Gasteiger partial charge on any atom is -0.329 e. The van der Waals surface area contributed by atoms with E-state index >= 15 is 0 Å². The maximum absolute atomic E-state index is 6.03. The summed E-state index contributed by atoms with van der Waals surface area (Å²) in [5, 5.41) is 4.45. The molecule has 5 heteroatoms. The lowest BCUT2D eigenvalue weighted by atomic mass is 10.0. The number of nitrogens with two attached hydrogens (primary N) is 1. The topological polar surface area (TPSA) is 50.3 Å². The van der Waals surface area contributed by atoms with E-state index in [4.69, 9.17) is 5.73 Å². The van der Waals surface area contributed by atoms with E-state index in [-0.39, 0.29) is 0 Å². The molecule has 20 heavy (non-hydrogen) atoms. The van der Waals surface area contributed by atoms with Gasteiger partial charge < -0.3 is 10.6 Å². The molecule has 2 rings (SSSR count). The summed E-state index contributed by atoms with van der Waals surface area (Å²) >= 11 is 0. The quantitative estimate of drug-likeness (QED) is 0.887. The number of hydrogen-bond acceptors (Lipinski definition) is 4. The Kier molecular flexibility index (Phi) is 5.18. The maximum atomic E-state index is 6.03. The Morgan fingerprint density at radius 3 is 2.45 bits per heavy atom. The highest BCUT2D eigenvalue weighted by atomic mass is 15.3. The number of rotatable bonds is 5. The van der Waals surface area contributed by atoms with E-state index in [2.05, 4.69) is 49.0 Å². The van der Waals surface area contributed by atoms with Crippen LogP contribution in [0, 0.1) is 0 Å². The molecule has 1 unspecified atom stereocenters. The van der Waals surface area contributed by atoms with Crippen LogP contribution in [0.4, 0.5) is 0 Å². The monoisotopic (exact) mass is 279 g/mol. The largest absolute Gasteiger partial charge is 0.329 e. The van der Waals surface area contributed by atoms with Crippen LogP contribution < -0.4 is 5.73 Å². The van der Waals surface area contributed by atoms with Crippen LogP contribution in [0.5, 0.6) is 0 Å². The van der Waals surface area contributed by atoms with Crippen molar-refractivity contribution in [3.63, 3.8) is 0 Å². The van der Waals surface area contributed by atoms with E-state index in [1.165, 1.54) is 18.4 Å². The van der Waals surface area contributed by atoms with Crippen molar-refractivity contribution in [3.8, 4) is 0 Å². The van der Waals surface area contributed by atoms with Gasteiger partial charge in [-0.3, -0.25) is 9.58 Å². The van der Waals surface area contributed by atoms with Crippen molar-refractivity contribution in [2.75, 3.05) is 33.7 Å². The fourth-order valence-electron chi connectivity index (χ4n) is 3.02. The van der Waals surface area contributed by atoms with Gasteiger partial charge in [0.15, 0.2) is 0 Å². The molecule has 1 saturated heterocycles. The lowest BCUT2D eigenvalue weighted by Crippen LogP contribution is -2.44. The second-order valence-corrected chi connectivity index (χ2v) is 6.33. The summed E-state index contributed by atoms with van der Waals surface area (Å²) in [4.78, 5) is 4.85. The fraction of sp³-hybridized carbons (Fsp3) is 0.800. The van der Waals surface area contributed by atoms with Crippen LogP contribution >= 0.6 is 0 Å². The zero-order valence-corrected chi connectivity index (χ0v) is 13.3. The molecular weight excluding hydrogens is 250 g/mol. The van der Waals surface area contributed by atoms with Gasteiger partial charge in [-0.15, -0.1) is 0 Å². The molecule has 1 aromatic heterocycles. The minimum atomic E-state index is 0.311. The highest BCUT2D eigenvalue weighted by Gasteiger charge is 2.27. The average Bonchev–Trinajstić information content (AvgIpc) is 2.90. The van der Waals surface area contributed by atoms with Crippen LogP contribution in [-0.4, -0.2) is 59.4 Å². The molecule has 0 amide bonds. The van der Waals surface area contributed by atoms with Crippen molar-refractivity contribution in [3.05, 3.63) is 18.0 Å². The predicted molar refractivity (Wildman–Crippen MR) is 82.7 cm³/mol. The zero-order valence-electron chi connectivity index (χ0n) is 13.3. The molecule has 5 nitrogen and oxygen atoms in total. The number of aromatic nitrogens is 2. The lowest BCUT2D eigenvalue weighted by Gasteiger charge is -2.38. The number of nitrogens with zero attached hydrogens (tertiary/aromatic N) is 4. The van der Waals surface area contributed by atoms with Crippen LogP contribution in [0.1, 0.15) is 44.3 Å². The molecule has 1 aromatic rings. The summed E-state index contributed by atoms with van der Waals surface area (Å²) < 4.78 is 2.02. The molecule has 0 aliphatic carbocycles. The van der Waals surface area contributed by atoms with Crippen molar-refractivity contribution in [1.29, 1.82) is 0 Å². The van der Waals surface area contributed by atoms with Gasteiger partial charge in [0.05, 0.1) is 12.2 Å². The van der Waals surface area contributed by atoms with E-state index < -0.39 is 0 Å². The second kappa shape index (κ2) is 6.70. The van der Waals surface area contributed by atoms with Gasteiger partial charge in [0.1, 0.15) is 0 Å². The van der Waals surface area contributed by atoms with E-state index in [9.17, 15) is 0 Å². The summed E-state index contributed by atoms with van der Waals surface area (Å²) in [6, 6.07) is 1.43. The summed E-state index contributed by atoms with van der Waals surface area (Å²) in [5.41, 5.74) is 7.28. The number of hydrogen-bond donors (Lipinski definition) is 1. The zero-order chi connectivity index (χ0) is 14.7. The van der Waals surface area contributed by atoms with E-state index in [1.54, 1.807) is 0 Å². The van der Waals surface area contributed by atoms with Crippen molar-refractivity contribution in [1.82, 2.24) is 19.6 Å². The Labute approximate surface area is 122 Å². The minimum absolute atomic E-state index is 0.311. The lowest BCUT2D eigenvalue weighted by molar-refractivity contribution is 0.111. The molecule has 1 aliphatic heterocycles. The number of likely N-dealkylation sites (tertiary alicyclic amines) is 1. The molecule has 0 radical (unpaired) electrons. The van der Waals surface area contributed by atoms with Gasteiger partial charge in [-0.2, -0.15) is 5.10 Å². The van der Waals surface area contributed by atoms with E-state index in [0.717, 1.165) is 13.1 Å². The normalized spacial score (nSPS) is 19.9. The first-order chi connectivity index (χ1) is 9.52. The molecule has 0 aromatic carbocycles. The van der Waals surface area contributed by atoms with Gasteiger partial charge in [0.2, 0.25) is 0 Å². The third-order valence-corrected chi connectivity index (χ3v) is 4.43. The Morgan fingerprint density at radius 2 is 2.00 bits per heavy atom. The summed E-state index contributed by atoms with van der Waals surface area (Å²) in [7, 11) is 4.35. The Balaban J connectivity index is 2.01. The Hall–Kier alpha value is -0.910. The summed E-state index contributed by atoms with van der Waals surface area (Å²) in [5.74, 6) is 0. The standard InChI is InChI=1S/C15H29N5/c1-12(2)20-11-13(10-17-20)15(9-16)19-7-5-14(6-8-19)18(3)4/h10-12,14-15H,5-9,16H2,1-4H3. The van der Waals surface area contributed by atoms with Crippen molar-refractivity contribution < 1.29 is 0 Å². The van der Waals surface area contributed by atoms with Gasteiger partial charge in [0.25, 0.3) is 0 Å². The highest BCUT2D eigenvalue weighted by Crippen LogP contribution is 2.25. The van der Waals surface area contributed by atoms with Crippen molar-refractivity contribution in [2.24, 2.45) is 5.73 Å². The Morgan fingerprint density at radius 1 is 1.35 bits per heavy atom.